The lowest BCUT2D eigenvalue weighted by molar-refractivity contribution is 0.0287. The van der Waals surface area contributed by atoms with Crippen LogP contribution in [0.5, 0.6) is 0 Å². The Balaban J connectivity index is 1.71. The van der Waals surface area contributed by atoms with Crippen LogP contribution in [0.4, 0.5) is 10.5 Å². The maximum absolute atomic E-state index is 13.0. The Bertz CT molecular complexity index is 796. The van der Waals surface area contributed by atoms with Gasteiger partial charge in [-0.05, 0) is 39.3 Å². The van der Waals surface area contributed by atoms with Crippen LogP contribution in [0.25, 0.3) is 0 Å². The summed E-state index contributed by atoms with van der Waals surface area (Å²) in [7, 11) is -3.66. The minimum Gasteiger partial charge on any atom is -0.444 e. The summed E-state index contributed by atoms with van der Waals surface area (Å²) < 4.78 is 34.1. The highest BCUT2D eigenvalue weighted by atomic mass is 35.5. The van der Waals surface area contributed by atoms with Crippen LogP contribution in [0, 0.1) is 0 Å². The van der Waals surface area contributed by atoms with Crippen LogP contribution in [-0.4, -0.2) is 66.5 Å². The van der Waals surface area contributed by atoms with E-state index in [1.54, 1.807) is 31.7 Å². The average Bonchev–Trinajstić information content (AvgIpc) is 3.09. The lowest BCUT2D eigenvalue weighted by Crippen LogP contribution is -2.43. The second-order valence-corrected chi connectivity index (χ2v) is 9.59. The molecule has 2 aliphatic heterocycles. The molecule has 1 atom stereocenters. The van der Waals surface area contributed by atoms with E-state index in [0.29, 0.717) is 38.3 Å². The first-order valence-electron chi connectivity index (χ1n) is 8.47. The van der Waals surface area contributed by atoms with Crippen molar-refractivity contribution in [2.75, 3.05) is 30.5 Å². The van der Waals surface area contributed by atoms with Crippen molar-refractivity contribution in [2.45, 2.75) is 38.8 Å². The standard InChI is InChI=1S/C16H23ClN4O4S/c1-16(2,3)25-15(22)19-7-5-13(11-19)21-9-8-20(26(21,23)24)12-4-6-18-14(17)10-12/h4,6,10,13H,5,7-9,11H2,1-3H3/t13-/m1/s1. The molecule has 0 radical (unpaired) electrons. The molecular formula is C16H23ClN4O4S. The fourth-order valence-electron chi connectivity index (χ4n) is 3.20. The second-order valence-electron chi connectivity index (χ2n) is 7.40. The van der Waals surface area contributed by atoms with Crippen molar-refractivity contribution >= 4 is 33.6 Å². The maximum atomic E-state index is 13.0. The molecule has 0 unspecified atom stereocenters. The smallest absolute Gasteiger partial charge is 0.410 e. The highest BCUT2D eigenvalue weighted by Gasteiger charge is 2.44. The van der Waals surface area contributed by atoms with Crippen LogP contribution in [0.3, 0.4) is 0 Å². The summed E-state index contributed by atoms with van der Waals surface area (Å²) in [6, 6.07) is 2.90. The van der Waals surface area contributed by atoms with Crippen molar-refractivity contribution in [3.05, 3.63) is 23.5 Å². The number of aromatic nitrogens is 1. The predicted molar refractivity (Wildman–Crippen MR) is 98.4 cm³/mol. The van der Waals surface area contributed by atoms with E-state index >= 15 is 0 Å². The highest BCUT2D eigenvalue weighted by Crippen LogP contribution is 2.30. The summed E-state index contributed by atoms with van der Waals surface area (Å²) in [4.78, 5) is 17.7. The molecule has 10 heteroatoms. The molecule has 1 aromatic rings. The van der Waals surface area contributed by atoms with Crippen molar-refractivity contribution < 1.29 is 17.9 Å². The van der Waals surface area contributed by atoms with E-state index in [2.05, 4.69) is 4.98 Å². The van der Waals surface area contributed by atoms with E-state index in [4.69, 9.17) is 16.3 Å². The van der Waals surface area contributed by atoms with Crippen molar-refractivity contribution in [2.24, 2.45) is 0 Å². The topological polar surface area (TPSA) is 83.1 Å². The monoisotopic (exact) mass is 402 g/mol. The largest absolute Gasteiger partial charge is 0.444 e. The number of nitrogens with zero attached hydrogens (tertiary/aromatic N) is 4. The number of pyridine rings is 1. The second kappa shape index (κ2) is 6.86. The van der Waals surface area contributed by atoms with E-state index in [9.17, 15) is 13.2 Å². The van der Waals surface area contributed by atoms with Gasteiger partial charge in [0.1, 0.15) is 10.8 Å². The van der Waals surface area contributed by atoms with E-state index in [1.807, 2.05) is 0 Å². The fourth-order valence-corrected chi connectivity index (χ4v) is 5.17. The zero-order chi connectivity index (χ0) is 19.1. The van der Waals surface area contributed by atoms with Gasteiger partial charge in [0.15, 0.2) is 0 Å². The van der Waals surface area contributed by atoms with E-state index < -0.39 is 21.9 Å². The molecule has 26 heavy (non-hydrogen) atoms. The normalized spacial score (nSPS) is 23.5. The molecule has 3 heterocycles. The Morgan fingerprint density at radius 3 is 2.69 bits per heavy atom. The van der Waals surface area contributed by atoms with Crippen LogP contribution in [0.15, 0.2) is 18.3 Å². The van der Waals surface area contributed by atoms with Crippen molar-refractivity contribution in [1.82, 2.24) is 14.2 Å². The molecule has 2 fully saturated rings. The van der Waals surface area contributed by atoms with Gasteiger partial charge in [0, 0.05) is 38.4 Å². The quantitative estimate of drug-likeness (QED) is 0.707. The summed E-state index contributed by atoms with van der Waals surface area (Å²) in [5.74, 6) is 0. The molecule has 0 aliphatic carbocycles. The highest BCUT2D eigenvalue weighted by molar-refractivity contribution is 7.90. The van der Waals surface area contributed by atoms with Crippen molar-refractivity contribution in [3.63, 3.8) is 0 Å². The third-order valence-electron chi connectivity index (χ3n) is 4.32. The molecule has 2 aliphatic rings. The van der Waals surface area contributed by atoms with Crippen LogP contribution in [0.1, 0.15) is 27.2 Å². The molecular weight excluding hydrogens is 380 g/mol. The van der Waals surface area contributed by atoms with Crippen molar-refractivity contribution in [1.29, 1.82) is 0 Å². The van der Waals surface area contributed by atoms with Crippen LogP contribution in [-0.2, 0) is 14.9 Å². The van der Waals surface area contributed by atoms with Gasteiger partial charge in [0.25, 0.3) is 0 Å². The maximum Gasteiger partial charge on any atom is 0.410 e. The Hall–Kier alpha value is -1.58. The number of likely N-dealkylation sites (tertiary alicyclic amines) is 1. The van der Waals surface area contributed by atoms with Gasteiger partial charge in [-0.25, -0.2) is 9.78 Å². The molecule has 0 spiro atoms. The van der Waals surface area contributed by atoms with Crippen LogP contribution in [0.2, 0.25) is 5.15 Å². The number of anilines is 1. The van der Waals surface area contributed by atoms with Gasteiger partial charge in [-0.1, -0.05) is 11.6 Å². The molecule has 8 nitrogen and oxygen atoms in total. The zero-order valence-electron chi connectivity index (χ0n) is 15.1. The predicted octanol–water partition coefficient (Wildman–Crippen LogP) is 2.11. The SMILES string of the molecule is CC(C)(C)OC(=O)N1CC[C@@H](N2CCN(c3ccnc(Cl)c3)S2(=O)=O)C1. The van der Waals surface area contributed by atoms with Gasteiger partial charge in [-0.15, -0.1) is 0 Å². The fraction of sp³-hybridized carbons (Fsp3) is 0.625. The average molecular weight is 403 g/mol. The number of ether oxygens (including phenoxy) is 1. The molecule has 1 amide bonds. The number of hydrogen-bond acceptors (Lipinski definition) is 5. The number of amides is 1. The minimum atomic E-state index is -3.66. The molecule has 3 rings (SSSR count). The lowest BCUT2D eigenvalue weighted by atomic mass is 10.2. The number of halogens is 1. The summed E-state index contributed by atoms with van der Waals surface area (Å²) in [6.45, 7) is 6.94. The lowest BCUT2D eigenvalue weighted by Gasteiger charge is -2.26. The summed E-state index contributed by atoms with van der Waals surface area (Å²) in [6.07, 6.45) is 1.66. The Kier molecular flexibility index (Phi) is 5.06. The Labute approximate surface area is 158 Å². The Morgan fingerprint density at radius 2 is 2.04 bits per heavy atom. The number of rotatable bonds is 2. The van der Waals surface area contributed by atoms with Gasteiger partial charge >= 0.3 is 16.3 Å². The first kappa shape index (κ1) is 19.2. The van der Waals surface area contributed by atoms with Crippen LogP contribution < -0.4 is 4.31 Å². The van der Waals surface area contributed by atoms with E-state index in [1.165, 1.54) is 20.9 Å². The molecule has 0 saturated carbocycles. The van der Waals surface area contributed by atoms with E-state index in [0.717, 1.165) is 0 Å². The minimum absolute atomic E-state index is 0.244. The van der Waals surface area contributed by atoms with Gasteiger partial charge < -0.3 is 9.64 Å². The molecule has 1 aromatic heterocycles. The summed E-state index contributed by atoms with van der Waals surface area (Å²) in [5.41, 5.74) is -0.0822. The van der Waals surface area contributed by atoms with E-state index in [-0.39, 0.29) is 11.2 Å². The molecule has 0 aromatic carbocycles. The van der Waals surface area contributed by atoms with Gasteiger partial charge in [0.2, 0.25) is 0 Å². The molecule has 0 bridgehead atoms. The summed E-state index contributed by atoms with van der Waals surface area (Å²) >= 11 is 5.88. The molecule has 144 valence electrons. The molecule has 0 N–H and O–H groups in total. The molecule has 2 saturated heterocycles. The summed E-state index contributed by atoms with van der Waals surface area (Å²) in [5, 5.41) is 0.244. The zero-order valence-corrected chi connectivity index (χ0v) is 16.6. The van der Waals surface area contributed by atoms with Crippen LogP contribution >= 0.6 is 11.6 Å². The van der Waals surface area contributed by atoms with Gasteiger partial charge in [-0.2, -0.15) is 12.7 Å². The first-order chi connectivity index (χ1) is 12.1. The number of carbonyl (C=O) groups excluding carboxylic acids is 1. The third-order valence-corrected chi connectivity index (χ3v) is 6.55. The number of hydrogen-bond donors (Lipinski definition) is 0. The Morgan fingerprint density at radius 1 is 1.31 bits per heavy atom. The number of carbonyl (C=O) groups is 1. The van der Waals surface area contributed by atoms with Gasteiger partial charge in [-0.3, -0.25) is 4.31 Å². The third kappa shape index (κ3) is 3.89. The van der Waals surface area contributed by atoms with Crippen molar-refractivity contribution in [3.8, 4) is 0 Å². The first-order valence-corrected chi connectivity index (χ1v) is 10.2. The van der Waals surface area contributed by atoms with Gasteiger partial charge in [0.05, 0.1) is 5.69 Å².